The Kier molecular flexibility index (Phi) is 2.79. The summed E-state index contributed by atoms with van der Waals surface area (Å²) in [6, 6.07) is 0.510. The van der Waals surface area contributed by atoms with Crippen molar-refractivity contribution >= 4 is 17.7 Å². The number of hydrogen-bond acceptors (Lipinski definition) is 3. The quantitative estimate of drug-likeness (QED) is 0.684. The second kappa shape index (κ2) is 3.88. The molecule has 13 heavy (non-hydrogen) atoms. The summed E-state index contributed by atoms with van der Waals surface area (Å²) in [6.07, 6.45) is 2.32. The highest BCUT2D eigenvalue weighted by Crippen LogP contribution is 2.26. The van der Waals surface area contributed by atoms with Gasteiger partial charge in [0.05, 0.1) is 6.04 Å². The van der Waals surface area contributed by atoms with Crippen LogP contribution in [0.3, 0.4) is 0 Å². The van der Waals surface area contributed by atoms with Crippen LogP contribution in [0.4, 0.5) is 0 Å². The smallest absolute Gasteiger partial charge is 0.238 e. The van der Waals surface area contributed by atoms with Gasteiger partial charge in [-0.2, -0.15) is 0 Å². The highest BCUT2D eigenvalue weighted by molar-refractivity contribution is 7.99. The van der Waals surface area contributed by atoms with Crippen LogP contribution in [-0.4, -0.2) is 29.6 Å². The predicted octanol–water partition coefficient (Wildman–Crippen LogP) is 0.564. The molecule has 74 valence electrons. The van der Waals surface area contributed by atoms with E-state index >= 15 is 0 Å². The second-order valence-corrected chi connectivity index (χ2v) is 5.08. The maximum Gasteiger partial charge on any atom is 0.238 e. The van der Waals surface area contributed by atoms with Crippen LogP contribution < -0.4 is 10.6 Å². The number of amides is 1. The molecule has 1 atom stereocenters. The summed E-state index contributed by atoms with van der Waals surface area (Å²) in [5.41, 5.74) is 0. The molecular weight excluding hydrogens is 184 g/mol. The maximum atomic E-state index is 11.6. The summed E-state index contributed by atoms with van der Waals surface area (Å²) in [5, 5.41) is 6.25. The van der Waals surface area contributed by atoms with E-state index in [1.807, 2.05) is 0 Å². The molecule has 1 heterocycles. The van der Waals surface area contributed by atoms with Crippen molar-refractivity contribution in [2.75, 3.05) is 11.6 Å². The Morgan fingerprint density at radius 1 is 1.54 bits per heavy atom. The molecule has 4 heteroatoms. The minimum absolute atomic E-state index is 0.0564. The first-order chi connectivity index (χ1) is 6.25. The van der Waals surface area contributed by atoms with Crippen LogP contribution in [-0.2, 0) is 4.79 Å². The molecule has 2 N–H and O–H groups in total. The molecule has 1 saturated carbocycles. The zero-order valence-electron chi connectivity index (χ0n) is 7.88. The molecule has 1 aliphatic heterocycles. The van der Waals surface area contributed by atoms with Crippen LogP contribution in [0.15, 0.2) is 0 Å². The van der Waals surface area contributed by atoms with Gasteiger partial charge in [-0.3, -0.25) is 10.1 Å². The average molecular weight is 200 g/mol. The van der Waals surface area contributed by atoms with E-state index in [9.17, 15) is 4.79 Å². The lowest BCUT2D eigenvalue weighted by atomic mass is 9.82. The normalized spacial score (nSPS) is 38.4. The first kappa shape index (κ1) is 9.34. The minimum Gasteiger partial charge on any atom is -0.352 e. The third-order valence-electron chi connectivity index (χ3n) is 2.75. The van der Waals surface area contributed by atoms with Crippen LogP contribution in [0, 0.1) is 5.92 Å². The molecule has 0 radical (unpaired) electrons. The number of thioether (sulfide) groups is 1. The highest BCUT2D eigenvalue weighted by Gasteiger charge is 2.30. The lowest BCUT2D eigenvalue weighted by Crippen LogP contribution is -2.50. The van der Waals surface area contributed by atoms with Gasteiger partial charge in [-0.15, -0.1) is 11.8 Å². The van der Waals surface area contributed by atoms with Gasteiger partial charge in [-0.05, 0) is 18.8 Å². The van der Waals surface area contributed by atoms with Gasteiger partial charge < -0.3 is 5.32 Å². The van der Waals surface area contributed by atoms with Crippen molar-refractivity contribution in [1.82, 2.24) is 10.6 Å². The molecule has 0 aromatic carbocycles. The zero-order chi connectivity index (χ0) is 9.26. The molecule has 3 nitrogen and oxygen atoms in total. The third kappa shape index (κ3) is 2.17. The lowest BCUT2D eigenvalue weighted by Gasteiger charge is -2.33. The molecule has 2 fully saturated rings. The van der Waals surface area contributed by atoms with Crippen molar-refractivity contribution in [1.29, 1.82) is 0 Å². The van der Waals surface area contributed by atoms with E-state index < -0.39 is 0 Å². The Hall–Kier alpha value is -0.220. The molecule has 0 aromatic rings. The van der Waals surface area contributed by atoms with Gasteiger partial charge in [0, 0.05) is 17.7 Å². The van der Waals surface area contributed by atoms with Gasteiger partial charge in [0.1, 0.15) is 0 Å². The van der Waals surface area contributed by atoms with E-state index in [4.69, 9.17) is 0 Å². The van der Waals surface area contributed by atoms with E-state index in [-0.39, 0.29) is 11.9 Å². The summed E-state index contributed by atoms with van der Waals surface area (Å²) in [7, 11) is 0. The zero-order valence-corrected chi connectivity index (χ0v) is 8.69. The average Bonchev–Trinajstić information content (AvgIpc) is 2.53. The number of nitrogens with one attached hydrogen (secondary N) is 2. The number of carbonyl (C=O) groups excluding carboxylic acids is 1. The molecule has 1 aliphatic carbocycles. The fourth-order valence-corrected chi connectivity index (χ4v) is 2.83. The summed E-state index contributed by atoms with van der Waals surface area (Å²) in [4.78, 5) is 11.6. The Balaban J connectivity index is 1.72. The van der Waals surface area contributed by atoms with E-state index in [0.29, 0.717) is 6.04 Å². The molecule has 1 saturated heterocycles. The molecule has 2 rings (SSSR count). The molecule has 1 amide bonds. The first-order valence-corrected chi connectivity index (χ1v) is 6.02. The van der Waals surface area contributed by atoms with Crippen molar-refractivity contribution in [3.8, 4) is 0 Å². The van der Waals surface area contributed by atoms with Crippen LogP contribution in [0.2, 0.25) is 0 Å². The van der Waals surface area contributed by atoms with Gasteiger partial charge in [0.15, 0.2) is 0 Å². The molecule has 0 bridgehead atoms. The third-order valence-corrected chi connectivity index (χ3v) is 3.69. The molecule has 0 unspecified atom stereocenters. The van der Waals surface area contributed by atoms with E-state index in [1.54, 1.807) is 11.8 Å². The topological polar surface area (TPSA) is 41.1 Å². The summed E-state index contributed by atoms with van der Waals surface area (Å²) >= 11 is 1.79. The largest absolute Gasteiger partial charge is 0.352 e. The van der Waals surface area contributed by atoms with Crippen LogP contribution in [0.25, 0.3) is 0 Å². The van der Waals surface area contributed by atoms with Gasteiger partial charge >= 0.3 is 0 Å². The van der Waals surface area contributed by atoms with E-state index in [2.05, 4.69) is 17.6 Å². The Morgan fingerprint density at radius 3 is 2.85 bits per heavy atom. The van der Waals surface area contributed by atoms with Crippen LogP contribution in [0.5, 0.6) is 0 Å². The van der Waals surface area contributed by atoms with Crippen molar-refractivity contribution in [2.45, 2.75) is 31.8 Å². The van der Waals surface area contributed by atoms with Gasteiger partial charge in [-0.25, -0.2) is 0 Å². The van der Waals surface area contributed by atoms with Crippen LogP contribution >= 0.6 is 11.8 Å². The molecular formula is C9H16N2OS. The second-order valence-electron chi connectivity index (χ2n) is 4.05. The van der Waals surface area contributed by atoms with E-state index in [1.165, 1.54) is 0 Å². The molecule has 0 aromatic heterocycles. The van der Waals surface area contributed by atoms with Gasteiger partial charge in [-0.1, -0.05) is 6.92 Å². The van der Waals surface area contributed by atoms with Crippen molar-refractivity contribution in [2.24, 2.45) is 5.92 Å². The number of rotatable bonds is 2. The summed E-state index contributed by atoms with van der Waals surface area (Å²) in [6.45, 7) is 2.23. The fraction of sp³-hybridized carbons (Fsp3) is 0.889. The van der Waals surface area contributed by atoms with Crippen molar-refractivity contribution in [3.63, 3.8) is 0 Å². The summed E-state index contributed by atoms with van der Waals surface area (Å²) in [5.74, 6) is 2.84. The molecule has 0 spiro atoms. The van der Waals surface area contributed by atoms with Crippen molar-refractivity contribution in [3.05, 3.63) is 0 Å². The maximum absolute atomic E-state index is 11.6. The lowest BCUT2D eigenvalue weighted by molar-refractivity contribution is -0.123. The number of hydrogen-bond donors (Lipinski definition) is 2. The molecule has 2 aliphatic rings. The Morgan fingerprint density at radius 2 is 2.31 bits per heavy atom. The highest BCUT2D eigenvalue weighted by atomic mass is 32.2. The standard InChI is InChI=1S/C9H16N2OS/c1-6-2-7(3-6)11-9(12)8-4-13-5-10-8/h6-8,10H,2-5H2,1H3,(H,11,12)/t6?,7?,8-/m1/s1. The monoisotopic (exact) mass is 200 g/mol. The predicted molar refractivity (Wildman–Crippen MR) is 54.6 cm³/mol. The Bertz CT molecular complexity index is 198. The van der Waals surface area contributed by atoms with Gasteiger partial charge in [0.2, 0.25) is 5.91 Å². The Labute approximate surface area is 83.0 Å². The van der Waals surface area contributed by atoms with Gasteiger partial charge in [0.25, 0.3) is 0 Å². The van der Waals surface area contributed by atoms with Crippen LogP contribution in [0.1, 0.15) is 19.8 Å². The van der Waals surface area contributed by atoms with Crippen molar-refractivity contribution < 1.29 is 4.79 Å². The number of carbonyl (C=O) groups is 1. The minimum atomic E-state index is 0.0564. The fourth-order valence-electron chi connectivity index (χ4n) is 1.89. The summed E-state index contributed by atoms with van der Waals surface area (Å²) < 4.78 is 0. The first-order valence-electron chi connectivity index (χ1n) is 4.87. The van der Waals surface area contributed by atoms with E-state index in [0.717, 1.165) is 30.4 Å². The SMILES string of the molecule is CC1CC(NC(=O)[C@H]2CSCN2)C1.